The molecule has 5 heteroatoms. The molecule has 1 fully saturated rings. The molecule has 2 heterocycles. The standard InChI is InChI=1S/C20H29N3O2/c1-14-11-23(12-15(2)24-14)13-19-8-6-5-7-18(19)9-21-10-20-16(3)22-25-17(20)4/h5-8,14-15,21H,9-13H2,1-4H3/t14-,15-/m1/s1. The van der Waals surface area contributed by atoms with Gasteiger partial charge in [-0.15, -0.1) is 0 Å². The summed E-state index contributed by atoms with van der Waals surface area (Å²) in [6.07, 6.45) is 0.599. The number of rotatable bonds is 6. The zero-order chi connectivity index (χ0) is 17.8. The maximum atomic E-state index is 5.84. The van der Waals surface area contributed by atoms with E-state index in [1.807, 2.05) is 13.8 Å². The summed E-state index contributed by atoms with van der Waals surface area (Å²) in [7, 11) is 0. The molecule has 3 rings (SSSR count). The van der Waals surface area contributed by atoms with Crippen molar-refractivity contribution in [3.05, 3.63) is 52.4 Å². The molecule has 2 aromatic rings. The molecule has 5 nitrogen and oxygen atoms in total. The topological polar surface area (TPSA) is 50.5 Å². The fourth-order valence-corrected chi connectivity index (χ4v) is 3.62. The molecule has 1 aromatic heterocycles. The van der Waals surface area contributed by atoms with E-state index in [0.717, 1.165) is 49.7 Å². The Morgan fingerprint density at radius 3 is 2.40 bits per heavy atom. The van der Waals surface area contributed by atoms with E-state index in [4.69, 9.17) is 9.26 Å². The lowest BCUT2D eigenvalue weighted by Gasteiger charge is -2.35. The zero-order valence-electron chi connectivity index (χ0n) is 15.7. The van der Waals surface area contributed by atoms with E-state index < -0.39 is 0 Å². The lowest BCUT2D eigenvalue weighted by Crippen LogP contribution is -2.45. The third-order valence-corrected chi connectivity index (χ3v) is 4.81. The van der Waals surface area contributed by atoms with Crippen LogP contribution in [0.3, 0.4) is 0 Å². The molecule has 2 atom stereocenters. The summed E-state index contributed by atoms with van der Waals surface area (Å²) in [6, 6.07) is 8.68. The Morgan fingerprint density at radius 2 is 1.76 bits per heavy atom. The number of benzene rings is 1. The Kier molecular flexibility index (Phi) is 5.89. The molecular formula is C20H29N3O2. The predicted octanol–water partition coefficient (Wildman–Crippen LogP) is 3.19. The molecule has 0 spiro atoms. The van der Waals surface area contributed by atoms with Crippen molar-refractivity contribution in [2.45, 2.75) is 59.5 Å². The molecule has 1 aliphatic heterocycles. The van der Waals surface area contributed by atoms with Gasteiger partial charge in [0.15, 0.2) is 0 Å². The van der Waals surface area contributed by atoms with E-state index >= 15 is 0 Å². The van der Waals surface area contributed by atoms with Gasteiger partial charge in [-0.05, 0) is 38.8 Å². The summed E-state index contributed by atoms with van der Waals surface area (Å²) in [5.74, 6) is 0.898. The molecule has 1 N–H and O–H groups in total. The molecule has 0 unspecified atom stereocenters. The molecular weight excluding hydrogens is 314 g/mol. The second-order valence-corrected chi connectivity index (χ2v) is 7.13. The highest BCUT2D eigenvalue weighted by Gasteiger charge is 2.22. The molecule has 1 aromatic carbocycles. The van der Waals surface area contributed by atoms with Gasteiger partial charge in [-0.2, -0.15) is 0 Å². The normalized spacial score (nSPS) is 21.6. The highest BCUT2D eigenvalue weighted by atomic mass is 16.5. The lowest BCUT2D eigenvalue weighted by molar-refractivity contribution is -0.0705. The molecule has 136 valence electrons. The maximum Gasteiger partial charge on any atom is 0.138 e. The van der Waals surface area contributed by atoms with Crippen molar-refractivity contribution in [2.24, 2.45) is 0 Å². The van der Waals surface area contributed by atoms with Gasteiger partial charge in [0.1, 0.15) is 5.76 Å². The fourth-order valence-electron chi connectivity index (χ4n) is 3.62. The van der Waals surface area contributed by atoms with Gasteiger partial charge in [-0.25, -0.2) is 0 Å². The average Bonchev–Trinajstić information content (AvgIpc) is 2.87. The van der Waals surface area contributed by atoms with Crippen molar-refractivity contribution in [1.29, 1.82) is 0 Å². The largest absolute Gasteiger partial charge is 0.373 e. The van der Waals surface area contributed by atoms with Crippen molar-refractivity contribution in [3.63, 3.8) is 0 Å². The second-order valence-electron chi connectivity index (χ2n) is 7.13. The first kappa shape index (κ1) is 18.1. The van der Waals surface area contributed by atoms with Crippen LogP contribution in [-0.4, -0.2) is 35.4 Å². The van der Waals surface area contributed by atoms with Gasteiger partial charge in [0, 0.05) is 38.3 Å². The third kappa shape index (κ3) is 4.69. The van der Waals surface area contributed by atoms with Crippen molar-refractivity contribution in [2.75, 3.05) is 13.1 Å². The number of hydrogen-bond acceptors (Lipinski definition) is 5. The van der Waals surface area contributed by atoms with Crippen molar-refractivity contribution in [3.8, 4) is 0 Å². The Hall–Kier alpha value is -1.69. The number of hydrogen-bond donors (Lipinski definition) is 1. The summed E-state index contributed by atoms with van der Waals surface area (Å²) in [5, 5.41) is 7.56. The van der Waals surface area contributed by atoms with Crippen LogP contribution in [0.1, 0.15) is 42.0 Å². The van der Waals surface area contributed by atoms with E-state index in [-0.39, 0.29) is 0 Å². The summed E-state index contributed by atoms with van der Waals surface area (Å²) in [5.41, 5.74) is 4.86. The summed E-state index contributed by atoms with van der Waals surface area (Å²) in [6.45, 7) is 12.8. The first-order chi connectivity index (χ1) is 12.0. The van der Waals surface area contributed by atoms with Gasteiger partial charge in [0.25, 0.3) is 0 Å². The maximum absolute atomic E-state index is 5.84. The molecule has 0 amide bonds. The molecule has 25 heavy (non-hydrogen) atoms. The van der Waals surface area contributed by atoms with Crippen LogP contribution in [0, 0.1) is 13.8 Å². The van der Waals surface area contributed by atoms with Gasteiger partial charge in [0.05, 0.1) is 17.9 Å². The van der Waals surface area contributed by atoms with Gasteiger partial charge in [0.2, 0.25) is 0 Å². The van der Waals surface area contributed by atoms with E-state index in [2.05, 4.69) is 53.5 Å². The average molecular weight is 343 g/mol. The highest BCUT2D eigenvalue weighted by molar-refractivity contribution is 5.27. The number of nitrogens with one attached hydrogen (secondary N) is 1. The molecule has 0 aliphatic carbocycles. The predicted molar refractivity (Wildman–Crippen MR) is 98.2 cm³/mol. The first-order valence-electron chi connectivity index (χ1n) is 9.10. The quantitative estimate of drug-likeness (QED) is 0.873. The minimum Gasteiger partial charge on any atom is -0.373 e. The van der Waals surface area contributed by atoms with Crippen molar-refractivity contribution >= 4 is 0 Å². The van der Waals surface area contributed by atoms with Crippen LogP contribution in [0.15, 0.2) is 28.8 Å². The van der Waals surface area contributed by atoms with Crippen molar-refractivity contribution in [1.82, 2.24) is 15.4 Å². The number of morpholine rings is 1. The van der Waals surface area contributed by atoms with Gasteiger partial charge in [-0.1, -0.05) is 29.4 Å². The Morgan fingerprint density at radius 1 is 1.08 bits per heavy atom. The first-order valence-corrected chi connectivity index (χ1v) is 9.10. The molecule has 1 aliphatic rings. The molecule has 0 saturated carbocycles. The van der Waals surface area contributed by atoms with Gasteiger partial charge in [-0.3, -0.25) is 4.90 Å². The summed E-state index contributed by atoms with van der Waals surface area (Å²) >= 11 is 0. The van der Waals surface area contributed by atoms with E-state index in [1.165, 1.54) is 11.1 Å². The molecule has 0 radical (unpaired) electrons. The number of ether oxygens (including phenoxy) is 1. The Balaban J connectivity index is 1.61. The van der Waals surface area contributed by atoms with Crippen LogP contribution in [0.25, 0.3) is 0 Å². The van der Waals surface area contributed by atoms with Crippen LogP contribution in [0.5, 0.6) is 0 Å². The van der Waals surface area contributed by atoms with E-state index in [9.17, 15) is 0 Å². The number of aromatic nitrogens is 1. The lowest BCUT2D eigenvalue weighted by atomic mass is 10.1. The van der Waals surface area contributed by atoms with Crippen LogP contribution < -0.4 is 5.32 Å². The third-order valence-electron chi connectivity index (χ3n) is 4.81. The Labute approximate surface area is 150 Å². The van der Waals surface area contributed by atoms with Crippen LogP contribution in [0.4, 0.5) is 0 Å². The van der Waals surface area contributed by atoms with Gasteiger partial charge < -0.3 is 14.6 Å². The molecule has 0 bridgehead atoms. The Bertz CT molecular complexity index is 668. The highest BCUT2D eigenvalue weighted by Crippen LogP contribution is 2.17. The smallest absolute Gasteiger partial charge is 0.138 e. The van der Waals surface area contributed by atoms with E-state index in [0.29, 0.717) is 12.2 Å². The number of nitrogens with zero attached hydrogens (tertiary/aromatic N) is 2. The van der Waals surface area contributed by atoms with E-state index in [1.54, 1.807) is 0 Å². The zero-order valence-corrected chi connectivity index (χ0v) is 15.7. The second kappa shape index (κ2) is 8.13. The minimum absolute atomic E-state index is 0.300. The van der Waals surface area contributed by atoms with Crippen LogP contribution >= 0.6 is 0 Å². The van der Waals surface area contributed by atoms with Gasteiger partial charge >= 0.3 is 0 Å². The number of aryl methyl sites for hydroxylation is 2. The summed E-state index contributed by atoms with van der Waals surface area (Å²) in [4.78, 5) is 2.49. The van der Waals surface area contributed by atoms with Crippen LogP contribution in [-0.2, 0) is 24.4 Å². The van der Waals surface area contributed by atoms with Crippen LogP contribution in [0.2, 0.25) is 0 Å². The SMILES string of the molecule is Cc1noc(C)c1CNCc1ccccc1CN1C[C@@H](C)O[C@H](C)C1. The monoisotopic (exact) mass is 343 g/mol. The molecule has 1 saturated heterocycles. The fraction of sp³-hybridized carbons (Fsp3) is 0.550. The summed E-state index contributed by atoms with van der Waals surface area (Å²) < 4.78 is 11.1. The minimum atomic E-state index is 0.300. The van der Waals surface area contributed by atoms with Crippen molar-refractivity contribution < 1.29 is 9.26 Å².